The molecule has 0 saturated heterocycles. The third-order valence-electron chi connectivity index (χ3n) is 13.2. The van der Waals surface area contributed by atoms with E-state index < -0.39 is 0 Å². The molecule has 0 amide bonds. The van der Waals surface area contributed by atoms with Gasteiger partial charge in [0.05, 0.1) is 4.70 Å². The van der Waals surface area contributed by atoms with E-state index in [-0.39, 0.29) is 0 Å². The van der Waals surface area contributed by atoms with Crippen molar-refractivity contribution in [1.82, 2.24) is 0 Å². The maximum Gasteiger partial charge on any atom is 0.569 e. The highest BCUT2D eigenvalue weighted by molar-refractivity contribution is 9.10. The van der Waals surface area contributed by atoms with Gasteiger partial charge >= 0.3 is 7.69 Å². The van der Waals surface area contributed by atoms with Crippen LogP contribution in [-0.2, 0) is 0 Å². The quantitative estimate of drug-likeness (QED) is 0.138. The molecule has 0 bridgehead atoms. The molecular weight excluding hydrogens is 956 g/mol. The highest BCUT2D eigenvalue weighted by atomic mass is 79.9. The van der Waals surface area contributed by atoms with Gasteiger partial charge in [-0.3, -0.25) is 0 Å². The van der Waals surface area contributed by atoms with Gasteiger partial charge in [-0.1, -0.05) is 216 Å². The smallest absolute Gasteiger partial charge is 0.536 e. The van der Waals surface area contributed by atoms with Gasteiger partial charge in [-0.2, -0.15) is 0 Å². The summed E-state index contributed by atoms with van der Waals surface area (Å²) in [5, 5.41) is 24.2. The van der Waals surface area contributed by atoms with E-state index in [0.29, 0.717) is 5.75 Å². The first kappa shape index (κ1) is 43.7. The molecule has 0 aliphatic heterocycles. The zero-order valence-corrected chi connectivity index (χ0v) is 40.9. The van der Waals surface area contributed by atoms with Crippen molar-refractivity contribution < 1.29 is 9.68 Å². The van der Waals surface area contributed by atoms with E-state index in [9.17, 15) is 0 Å². The van der Waals surface area contributed by atoms with Gasteiger partial charge in [-0.25, -0.2) is 0 Å². The van der Waals surface area contributed by atoms with E-state index >= 15 is 0 Å². The molecule has 14 aromatic rings. The predicted octanol–water partition coefficient (Wildman–Crippen LogP) is 19.1. The third-order valence-corrected chi connectivity index (χ3v) is 16.1. The SMILES string of the molecule is Brc1ccc(-c2cc3ccccc3c3ccccc23)cc1.O[B]Oc1cccc2c1sc1ccccc12.c1ccc2c(c1)cc(-c1ccc(-c3cccc4c3sc3ccccc34)cc1)c1ccccc12. The summed E-state index contributed by atoms with van der Waals surface area (Å²) in [6, 6.07) is 86.4. The lowest BCUT2D eigenvalue weighted by molar-refractivity contribution is 0.457. The van der Waals surface area contributed by atoms with Crippen LogP contribution in [0.1, 0.15) is 0 Å². The molecule has 70 heavy (non-hydrogen) atoms. The van der Waals surface area contributed by atoms with Crippen LogP contribution >= 0.6 is 38.6 Å². The summed E-state index contributed by atoms with van der Waals surface area (Å²) in [6.45, 7) is 0. The minimum absolute atomic E-state index is 0.696. The fourth-order valence-corrected chi connectivity index (χ4v) is 12.6. The molecule has 0 unspecified atom stereocenters. The zero-order valence-electron chi connectivity index (χ0n) is 37.7. The van der Waals surface area contributed by atoms with Gasteiger partial charge in [-0.05, 0) is 119 Å². The molecule has 0 spiro atoms. The van der Waals surface area contributed by atoms with Crippen LogP contribution in [0.2, 0.25) is 0 Å². The van der Waals surface area contributed by atoms with Crippen LogP contribution in [0.15, 0.2) is 247 Å². The van der Waals surface area contributed by atoms with Crippen LogP contribution in [-0.4, -0.2) is 12.7 Å². The van der Waals surface area contributed by atoms with E-state index in [0.717, 1.165) is 16.9 Å². The average molecular weight is 997 g/mol. The minimum atomic E-state index is 0.696. The van der Waals surface area contributed by atoms with Crippen LogP contribution in [0.4, 0.5) is 0 Å². The number of halogens is 1. The van der Waals surface area contributed by atoms with Crippen molar-refractivity contribution in [1.29, 1.82) is 0 Å². The van der Waals surface area contributed by atoms with E-state index in [4.69, 9.17) is 9.68 Å². The van der Waals surface area contributed by atoms with Gasteiger partial charge in [-0.15, -0.1) is 22.7 Å². The zero-order chi connectivity index (χ0) is 47.0. The Morgan fingerprint density at radius 3 is 1.24 bits per heavy atom. The van der Waals surface area contributed by atoms with Gasteiger partial charge in [0.25, 0.3) is 0 Å². The van der Waals surface area contributed by atoms with Gasteiger partial charge in [0.15, 0.2) is 0 Å². The van der Waals surface area contributed by atoms with Crippen molar-refractivity contribution >= 4 is 130 Å². The lowest BCUT2D eigenvalue weighted by Crippen LogP contribution is -1.99. The predicted molar refractivity (Wildman–Crippen MR) is 308 cm³/mol. The maximum absolute atomic E-state index is 8.71. The van der Waals surface area contributed by atoms with Crippen molar-refractivity contribution in [3.63, 3.8) is 0 Å². The van der Waals surface area contributed by atoms with Crippen molar-refractivity contribution in [3.8, 4) is 39.1 Å². The second kappa shape index (κ2) is 19.1. The molecule has 331 valence electrons. The first-order valence-electron chi connectivity index (χ1n) is 23.2. The van der Waals surface area contributed by atoms with E-state index in [2.05, 4.69) is 234 Å². The first-order valence-corrected chi connectivity index (χ1v) is 25.6. The monoisotopic (exact) mass is 995 g/mol. The summed E-state index contributed by atoms with van der Waals surface area (Å²) in [6.07, 6.45) is 0. The fraction of sp³-hybridized carbons (Fsp3) is 0. The summed E-state index contributed by atoms with van der Waals surface area (Å²) in [5.74, 6) is 0.696. The number of hydrogen-bond acceptors (Lipinski definition) is 4. The number of thiophene rings is 2. The molecule has 0 aliphatic rings. The third kappa shape index (κ3) is 8.19. The molecule has 2 aromatic heterocycles. The molecule has 0 fully saturated rings. The minimum Gasteiger partial charge on any atom is -0.536 e. The van der Waals surface area contributed by atoms with Crippen molar-refractivity contribution in [2.75, 3.05) is 0 Å². The van der Waals surface area contributed by atoms with Crippen molar-refractivity contribution in [2.24, 2.45) is 0 Å². The number of fused-ring (bicyclic) bond motifs is 12. The van der Waals surface area contributed by atoms with Crippen LogP contribution in [0, 0.1) is 0 Å². The molecular formula is C64H41BBrO2S2. The molecule has 0 atom stereocenters. The van der Waals surface area contributed by atoms with Gasteiger partial charge in [0.1, 0.15) is 5.75 Å². The summed E-state index contributed by atoms with van der Waals surface area (Å²) < 4.78 is 11.2. The molecule has 6 heteroatoms. The second-order valence-electron chi connectivity index (χ2n) is 17.2. The van der Waals surface area contributed by atoms with Crippen LogP contribution in [0.3, 0.4) is 0 Å². The summed E-state index contributed by atoms with van der Waals surface area (Å²) in [4.78, 5) is 0. The molecule has 0 aliphatic carbocycles. The molecule has 14 rings (SSSR count). The normalized spacial score (nSPS) is 11.3. The molecule has 1 N–H and O–H groups in total. The van der Waals surface area contributed by atoms with Crippen LogP contribution in [0.5, 0.6) is 5.75 Å². The Bertz CT molecular complexity index is 4220. The van der Waals surface area contributed by atoms with E-state index in [1.165, 1.54) is 112 Å². The van der Waals surface area contributed by atoms with Crippen LogP contribution in [0.25, 0.3) is 117 Å². The fourth-order valence-electron chi connectivity index (χ4n) is 9.89. The first-order chi connectivity index (χ1) is 34.6. The maximum atomic E-state index is 8.71. The highest BCUT2D eigenvalue weighted by Crippen LogP contribution is 2.42. The standard InChI is InChI=1S/C32H20S.C20H13Br.C12H8BO2S/c1-2-9-24-23(8-1)20-30(27-11-4-3-10-26(24)27)22-18-16-21(17-19-22)25-13-7-14-29-28-12-5-6-15-31(28)33-32(25)29;21-16-11-9-14(10-12-16)20-13-15-5-1-2-6-17(15)18-7-3-4-8-19(18)20;14-13-15-10-6-3-5-9-8-4-1-2-7-11(8)16-12(9)10/h1-20H;1-13H;1-7,14H. The van der Waals surface area contributed by atoms with Crippen LogP contribution < -0.4 is 4.65 Å². The van der Waals surface area contributed by atoms with E-state index in [1.54, 1.807) is 11.3 Å². The van der Waals surface area contributed by atoms with Gasteiger partial charge in [0.2, 0.25) is 0 Å². The lowest BCUT2D eigenvalue weighted by atomic mass is 9.92. The highest BCUT2D eigenvalue weighted by Gasteiger charge is 2.13. The van der Waals surface area contributed by atoms with Crippen molar-refractivity contribution in [2.45, 2.75) is 0 Å². The summed E-state index contributed by atoms with van der Waals surface area (Å²) in [5.41, 5.74) is 7.65. The van der Waals surface area contributed by atoms with Gasteiger partial charge in [0, 0.05) is 40.1 Å². The van der Waals surface area contributed by atoms with Gasteiger partial charge < -0.3 is 9.68 Å². The van der Waals surface area contributed by atoms with E-state index in [1.807, 2.05) is 35.6 Å². The molecule has 0 saturated carbocycles. The topological polar surface area (TPSA) is 29.5 Å². The number of benzene rings is 12. The Hall–Kier alpha value is -7.58. The lowest BCUT2D eigenvalue weighted by Gasteiger charge is -2.12. The molecule has 12 aromatic carbocycles. The second-order valence-corrected chi connectivity index (χ2v) is 20.2. The summed E-state index contributed by atoms with van der Waals surface area (Å²) in [7, 11) is 0.721. The largest absolute Gasteiger partial charge is 0.569 e. The Balaban J connectivity index is 0.000000117. The average Bonchev–Trinajstić information content (AvgIpc) is 4.01. The Morgan fingerprint density at radius 2 is 0.714 bits per heavy atom. The Labute approximate surface area is 422 Å². The summed E-state index contributed by atoms with van der Waals surface area (Å²) >= 11 is 7.07. The number of rotatable bonds is 5. The Kier molecular flexibility index (Phi) is 11.9. The van der Waals surface area contributed by atoms with Crippen molar-refractivity contribution in [3.05, 3.63) is 247 Å². The molecule has 2 heterocycles. The number of hydrogen-bond donors (Lipinski definition) is 1. The molecule has 2 nitrogen and oxygen atoms in total. The molecule has 1 radical (unpaired) electrons. The Morgan fingerprint density at radius 1 is 0.329 bits per heavy atom.